The van der Waals surface area contributed by atoms with Crippen molar-refractivity contribution in [3.8, 4) is 0 Å². The lowest BCUT2D eigenvalue weighted by Gasteiger charge is -2.36. The van der Waals surface area contributed by atoms with Gasteiger partial charge in [-0.25, -0.2) is 4.98 Å². The molecule has 0 saturated heterocycles. The summed E-state index contributed by atoms with van der Waals surface area (Å²) in [6.07, 6.45) is 1.52. The lowest BCUT2D eigenvalue weighted by molar-refractivity contribution is -0.0217. The fraction of sp³-hybridized carbons (Fsp3) is 0.743. The van der Waals surface area contributed by atoms with Crippen LogP contribution >= 0.6 is 22.6 Å². The lowest BCUT2D eigenvalue weighted by Crippen LogP contribution is -2.41. The van der Waals surface area contributed by atoms with Crippen molar-refractivity contribution in [2.24, 2.45) is 0 Å². The number of hydrogen-bond acceptors (Lipinski definition) is 12. The Balaban J connectivity index is 1.29. The molecule has 1 amide bonds. The smallest absolute Gasteiger partial charge is 0.271 e. The third-order valence-corrected chi connectivity index (χ3v) is 13.4. The van der Waals surface area contributed by atoms with Crippen LogP contribution in [0.3, 0.4) is 0 Å². The Morgan fingerprint density at radius 1 is 0.740 bits per heavy atom. The van der Waals surface area contributed by atoms with E-state index in [1.807, 2.05) is 18.2 Å². The average molecular weight is 837 g/mol. The van der Waals surface area contributed by atoms with Crippen LogP contribution in [-0.2, 0) is 37.6 Å². The summed E-state index contributed by atoms with van der Waals surface area (Å²) in [6, 6.07) is 5.77. The molecular formula is C35H61IN4O9Si. The van der Waals surface area contributed by atoms with Crippen molar-refractivity contribution < 1.29 is 42.4 Å². The zero-order valence-electron chi connectivity index (χ0n) is 31.1. The van der Waals surface area contributed by atoms with Gasteiger partial charge in [0.2, 0.25) is 0 Å². The number of carbonyl (C=O) groups is 1. The van der Waals surface area contributed by atoms with Gasteiger partial charge in [-0.15, -0.1) is 0 Å². The highest BCUT2D eigenvalue weighted by molar-refractivity contribution is 14.1. The Kier molecular flexibility index (Phi) is 23.6. The van der Waals surface area contributed by atoms with Crippen molar-refractivity contribution in [2.75, 3.05) is 125 Å². The number of fused-ring (bicyclic) bond motifs is 1. The number of likely N-dealkylation sites (N-methyl/N-ethyl adjacent to an activating group) is 1. The molecule has 50 heavy (non-hydrogen) atoms. The Labute approximate surface area is 314 Å². The molecule has 0 aliphatic heterocycles. The minimum atomic E-state index is -1.70. The Hall–Kier alpha value is -1.38. The maximum absolute atomic E-state index is 12.5. The summed E-state index contributed by atoms with van der Waals surface area (Å²) in [6.45, 7) is 24.2. The largest absolute Gasteiger partial charge is 0.414 e. The van der Waals surface area contributed by atoms with E-state index in [1.54, 1.807) is 0 Å². The highest BCUT2D eigenvalue weighted by atomic mass is 127. The third kappa shape index (κ3) is 20.0. The third-order valence-electron chi connectivity index (χ3n) is 8.18. The molecule has 1 heterocycles. The molecule has 0 bridgehead atoms. The number of halogens is 1. The summed E-state index contributed by atoms with van der Waals surface area (Å²) in [5, 5.41) is 3.15. The highest BCUT2D eigenvalue weighted by Gasteiger charge is 2.36. The fourth-order valence-corrected chi connectivity index (χ4v) is 5.63. The number of amides is 1. The number of benzene rings is 1. The molecule has 0 spiro atoms. The molecule has 1 N–H and O–H groups in total. The van der Waals surface area contributed by atoms with E-state index >= 15 is 0 Å². The number of nitrogens with zero attached hydrogens (tertiary/aromatic N) is 3. The quantitative estimate of drug-likeness (QED) is 0.0679. The Bertz CT molecular complexity index is 1190. The first-order chi connectivity index (χ1) is 24.0. The van der Waals surface area contributed by atoms with Gasteiger partial charge in [-0.1, -0.05) is 27.7 Å². The van der Waals surface area contributed by atoms with E-state index in [0.717, 1.165) is 28.7 Å². The van der Waals surface area contributed by atoms with Gasteiger partial charge >= 0.3 is 0 Å². The normalized spacial score (nSPS) is 12.3. The number of nitrogens with one attached hydrogen (secondary N) is 1. The van der Waals surface area contributed by atoms with Gasteiger partial charge in [0.05, 0.1) is 116 Å². The molecule has 0 aliphatic rings. The lowest BCUT2D eigenvalue weighted by atomic mass is 10.2. The molecule has 0 radical (unpaired) electrons. The first-order valence-electron chi connectivity index (χ1n) is 17.6. The molecule has 1 aromatic heterocycles. The second-order valence-corrected chi connectivity index (χ2v) is 19.0. The topological polar surface area (TPSA) is 132 Å². The van der Waals surface area contributed by atoms with E-state index in [9.17, 15) is 4.79 Å². The van der Waals surface area contributed by atoms with Crippen molar-refractivity contribution in [1.29, 1.82) is 0 Å². The second kappa shape index (κ2) is 26.4. The number of hydrogen-bond donors (Lipinski definition) is 1. The van der Waals surface area contributed by atoms with Crippen molar-refractivity contribution in [3.05, 3.63) is 33.7 Å². The maximum atomic E-state index is 12.5. The molecule has 0 atom stereocenters. The van der Waals surface area contributed by atoms with Crippen molar-refractivity contribution in [2.45, 2.75) is 45.8 Å². The molecule has 15 heteroatoms. The van der Waals surface area contributed by atoms with Crippen LogP contribution in [0.2, 0.25) is 18.1 Å². The van der Waals surface area contributed by atoms with Gasteiger partial charge in [-0.2, -0.15) is 0 Å². The van der Waals surface area contributed by atoms with Gasteiger partial charge in [0.25, 0.3) is 5.91 Å². The van der Waals surface area contributed by atoms with Gasteiger partial charge in [-0.05, 0) is 65.5 Å². The van der Waals surface area contributed by atoms with E-state index in [4.69, 9.17) is 37.6 Å². The van der Waals surface area contributed by atoms with Gasteiger partial charge in [0, 0.05) is 23.2 Å². The molecule has 0 saturated carbocycles. The molecule has 0 unspecified atom stereocenters. The van der Waals surface area contributed by atoms with Crippen LogP contribution < -0.4 is 5.32 Å². The maximum Gasteiger partial charge on any atom is 0.271 e. The van der Waals surface area contributed by atoms with E-state index in [2.05, 4.69) is 83.6 Å². The van der Waals surface area contributed by atoms with Crippen molar-refractivity contribution in [1.82, 2.24) is 20.2 Å². The average Bonchev–Trinajstić information content (AvgIpc) is 3.08. The summed E-state index contributed by atoms with van der Waals surface area (Å²) in [4.78, 5) is 23.5. The van der Waals surface area contributed by atoms with Crippen LogP contribution in [0, 0.1) is 3.57 Å². The highest BCUT2D eigenvalue weighted by Crippen LogP contribution is 2.36. The molecule has 0 fully saturated rings. The molecule has 0 aliphatic carbocycles. The van der Waals surface area contributed by atoms with Crippen LogP contribution in [-0.4, -0.2) is 154 Å². The number of aromatic nitrogens is 2. The zero-order valence-corrected chi connectivity index (χ0v) is 34.3. The number of ether oxygens (including phenoxy) is 7. The standard InChI is InChI=1S/C35H61IN4O9Si/c1-7-40(11-10-37-34(41)33-29-38-32-28-30(36)8-9-31(32)39-33)12-13-42-14-15-43-16-17-44-18-19-45-20-21-46-22-23-47-24-25-48-26-27-49-50(5,6)35(2,3)4/h8-9,28-29H,7,10-27H2,1-6H3,(H,37,41). The molecule has 2 rings (SSSR count). The zero-order chi connectivity index (χ0) is 36.5. The van der Waals surface area contributed by atoms with Gasteiger partial charge in [-0.3, -0.25) is 14.7 Å². The fourth-order valence-electron chi connectivity index (χ4n) is 4.13. The first-order valence-corrected chi connectivity index (χ1v) is 21.6. The number of rotatable bonds is 30. The predicted molar refractivity (Wildman–Crippen MR) is 206 cm³/mol. The van der Waals surface area contributed by atoms with Gasteiger partial charge in [0.15, 0.2) is 8.32 Å². The summed E-state index contributed by atoms with van der Waals surface area (Å²) < 4.78 is 46.1. The summed E-state index contributed by atoms with van der Waals surface area (Å²) in [7, 11) is -1.70. The van der Waals surface area contributed by atoms with Crippen LogP contribution in [0.5, 0.6) is 0 Å². The molecule has 2 aromatic rings. The van der Waals surface area contributed by atoms with E-state index in [-0.39, 0.29) is 10.9 Å². The van der Waals surface area contributed by atoms with E-state index in [0.29, 0.717) is 117 Å². The van der Waals surface area contributed by atoms with Gasteiger partial charge in [0.1, 0.15) is 5.69 Å². The van der Waals surface area contributed by atoms with Crippen LogP contribution in [0.25, 0.3) is 11.0 Å². The van der Waals surface area contributed by atoms with Crippen molar-refractivity contribution in [3.63, 3.8) is 0 Å². The van der Waals surface area contributed by atoms with Crippen LogP contribution in [0.4, 0.5) is 0 Å². The van der Waals surface area contributed by atoms with Crippen LogP contribution in [0.1, 0.15) is 38.2 Å². The molecular weight excluding hydrogens is 775 g/mol. The van der Waals surface area contributed by atoms with Gasteiger partial charge < -0.3 is 42.9 Å². The van der Waals surface area contributed by atoms with E-state index in [1.165, 1.54) is 6.20 Å². The monoisotopic (exact) mass is 836 g/mol. The Morgan fingerprint density at radius 2 is 1.22 bits per heavy atom. The Morgan fingerprint density at radius 3 is 1.70 bits per heavy atom. The minimum Gasteiger partial charge on any atom is -0.414 e. The number of carbonyl (C=O) groups excluding carboxylic acids is 1. The first kappa shape index (κ1) is 44.8. The molecule has 286 valence electrons. The SMILES string of the molecule is CCN(CCNC(=O)c1cnc2cc(I)ccc2n1)CCOCCOCCOCCOCCOCCOCCOCCO[Si](C)(C)C(C)(C)C. The summed E-state index contributed by atoms with van der Waals surface area (Å²) in [5.74, 6) is -0.224. The van der Waals surface area contributed by atoms with Crippen molar-refractivity contribution >= 4 is 47.8 Å². The van der Waals surface area contributed by atoms with Crippen LogP contribution in [0.15, 0.2) is 24.4 Å². The summed E-state index contributed by atoms with van der Waals surface area (Å²) >= 11 is 2.23. The molecule has 13 nitrogen and oxygen atoms in total. The minimum absolute atomic E-state index is 0.213. The summed E-state index contributed by atoms with van der Waals surface area (Å²) in [5.41, 5.74) is 1.80. The molecule has 1 aromatic carbocycles. The van der Waals surface area contributed by atoms with E-state index < -0.39 is 8.32 Å². The predicted octanol–water partition coefficient (Wildman–Crippen LogP) is 4.42. The second-order valence-electron chi connectivity index (χ2n) is 13.0.